The third-order valence-electron chi connectivity index (χ3n) is 2.96. The van der Waals surface area contributed by atoms with Gasteiger partial charge in [-0.15, -0.1) is 5.43 Å². The standard InChI is InChI=1S/C16H18N2O.ClH/c1-16(2,3)14-9-7-13(8-10-14)15(19)17-18-11-5-4-6-12-18;/h4-12H,1-3H3;1H. The molecule has 0 radical (unpaired) electrons. The van der Waals surface area contributed by atoms with E-state index >= 15 is 0 Å². The fourth-order valence-corrected chi connectivity index (χ4v) is 1.78. The van der Waals surface area contributed by atoms with Crippen LogP contribution in [0.4, 0.5) is 0 Å². The van der Waals surface area contributed by atoms with Crippen molar-refractivity contribution in [3.8, 4) is 0 Å². The van der Waals surface area contributed by atoms with Crippen molar-refractivity contribution in [1.29, 1.82) is 0 Å². The molecule has 0 unspecified atom stereocenters. The highest BCUT2D eigenvalue weighted by Gasteiger charge is 2.15. The fraction of sp³-hybridized carbons (Fsp3) is 0.250. The first kappa shape index (κ1) is 16.2. The van der Waals surface area contributed by atoms with Crippen molar-refractivity contribution in [1.82, 2.24) is 0 Å². The van der Waals surface area contributed by atoms with E-state index in [4.69, 9.17) is 0 Å². The maximum atomic E-state index is 12.0. The minimum atomic E-state index is -0.114. The van der Waals surface area contributed by atoms with Crippen LogP contribution >= 0.6 is 0 Å². The second-order valence-corrected chi connectivity index (χ2v) is 5.55. The summed E-state index contributed by atoms with van der Waals surface area (Å²) < 4.78 is 1.64. The fourth-order valence-electron chi connectivity index (χ4n) is 1.78. The lowest BCUT2D eigenvalue weighted by Crippen LogP contribution is -3.00. The molecule has 1 N–H and O–H groups in total. The van der Waals surface area contributed by atoms with Crippen LogP contribution in [0.3, 0.4) is 0 Å². The molecule has 0 spiro atoms. The monoisotopic (exact) mass is 290 g/mol. The van der Waals surface area contributed by atoms with Gasteiger partial charge in [0.25, 0.3) is 0 Å². The zero-order valence-corrected chi connectivity index (χ0v) is 12.7. The topological polar surface area (TPSA) is 33.0 Å². The van der Waals surface area contributed by atoms with Crippen molar-refractivity contribution in [2.24, 2.45) is 0 Å². The van der Waals surface area contributed by atoms with Crippen LogP contribution in [0.2, 0.25) is 0 Å². The Morgan fingerprint density at radius 2 is 1.55 bits per heavy atom. The number of amides is 1. The third kappa shape index (κ3) is 4.07. The predicted octanol–water partition coefficient (Wildman–Crippen LogP) is -0.340. The van der Waals surface area contributed by atoms with Crippen molar-refractivity contribution in [2.75, 3.05) is 5.43 Å². The zero-order chi connectivity index (χ0) is 13.9. The van der Waals surface area contributed by atoms with E-state index in [1.54, 1.807) is 17.1 Å². The summed E-state index contributed by atoms with van der Waals surface area (Å²) in [6.45, 7) is 6.46. The molecule has 0 aliphatic carbocycles. The number of pyridine rings is 1. The normalized spacial score (nSPS) is 10.6. The van der Waals surface area contributed by atoms with Gasteiger partial charge in [-0.1, -0.05) is 43.6 Å². The second-order valence-electron chi connectivity index (χ2n) is 5.55. The Bertz CT molecular complexity index is 559. The number of hydrogen-bond acceptors (Lipinski definition) is 1. The molecule has 3 nitrogen and oxygen atoms in total. The first-order chi connectivity index (χ1) is 8.97. The van der Waals surface area contributed by atoms with Crippen LogP contribution in [0.5, 0.6) is 0 Å². The highest BCUT2D eigenvalue weighted by Crippen LogP contribution is 2.22. The van der Waals surface area contributed by atoms with Crippen LogP contribution in [0.15, 0.2) is 54.9 Å². The number of rotatable bonds is 2. The molecular weight excluding hydrogens is 272 g/mol. The molecule has 2 aromatic rings. The van der Waals surface area contributed by atoms with E-state index < -0.39 is 0 Å². The molecule has 0 saturated heterocycles. The third-order valence-corrected chi connectivity index (χ3v) is 2.96. The second kappa shape index (κ2) is 6.53. The summed E-state index contributed by atoms with van der Waals surface area (Å²) in [4.78, 5) is 12.0. The van der Waals surface area contributed by atoms with Gasteiger partial charge in [0, 0.05) is 17.7 Å². The number of carbonyl (C=O) groups excluding carboxylic acids is 1. The van der Waals surface area contributed by atoms with Gasteiger partial charge in [-0.25, -0.2) is 0 Å². The number of hydrogen-bond donors (Lipinski definition) is 1. The summed E-state index contributed by atoms with van der Waals surface area (Å²) in [5.41, 5.74) is 4.77. The SMILES string of the molecule is CC(C)(C)c1ccc(C(=O)N[n+]2ccccc2)cc1.[Cl-]. The van der Waals surface area contributed by atoms with Gasteiger partial charge in [0.2, 0.25) is 0 Å². The van der Waals surface area contributed by atoms with Gasteiger partial charge in [0.15, 0.2) is 12.4 Å². The Balaban J connectivity index is 0.00000200. The average molecular weight is 291 g/mol. The van der Waals surface area contributed by atoms with E-state index in [2.05, 4.69) is 26.2 Å². The number of benzene rings is 1. The van der Waals surface area contributed by atoms with Gasteiger partial charge in [-0.2, -0.15) is 0 Å². The summed E-state index contributed by atoms with van der Waals surface area (Å²) in [6, 6.07) is 13.4. The van der Waals surface area contributed by atoms with Gasteiger partial charge in [-0.05, 0) is 23.1 Å². The largest absolute Gasteiger partial charge is 1.00 e. The lowest BCUT2D eigenvalue weighted by atomic mass is 9.87. The molecule has 1 aromatic heterocycles. The first-order valence-electron chi connectivity index (χ1n) is 6.35. The van der Waals surface area contributed by atoms with Gasteiger partial charge in [-0.3, -0.25) is 4.79 Å². The maximum absolute atomic E-state index is 12.0. The van der Waals surface area contributed by atoms with E-state index in [-0.39, 0.29) is 23.7 Å². The molecule has 4 heteroatoms. The summed E-state index contributed by atoms with van der Waals surface area (Å²) in [7, 11) is 0. The van der Waals surface area contributed by atoms with E-state index in [1.807, 2.05) is 42.5 Å². The molecule has 1 amide bonds. The quantitative estimate of drug-likeness (QED) is 0.754. The number of nitrogens with one attached hydrogen (secondary N) is 1. The zero-order valence-electron chi connectivity index (χ0n) is 11.9. The highest BCUT2D eigenvalue weighted by atomic mass is 35.5. The maximum Gasteiger partial charge on any atom is 0.305 e. The van der Waals surface area contributed by atoms with Gasteiger partial charge >= 0.3 is 5.91 Å². The van der Waals surface area contributed by atoms with Gasteiger partial charge in [0.05, 0.1) is 0 Å². The Morgan fingerprint density at radius 3 is 2.05 bits per heavy atom. The molecule has 106 valence electrons. The molecule has 0 saturated carbocycles. The van der Waals surface area contributed by atoms with Crippen molar-refractivity contribution in [3.05, 3.63) is 66.0 Å². The Morgan fingerprint density at radius 1 is 1.00 bits per heavy atom. The minimum absolute atomic E-state index is 0. The van der Waals surface area contributed by atoms with E-state index in [9.17, 15) is 4.79 Å². The lowest BCUT2D eigenvalue weighted by molar-refractivity contribution is -0.641. The van der Waals surface area contributed by atoms with Gasteiger partial charge < -0.3 is 12.4 Å². The molecule has 0 fully saturated rings. The summed E-state index contributed by atoms with van der Waals surface area (Å²) in [5.74, 6) is -0.114. The molecule has 1 heterocycles. The molecule has 1 aromatic carbocycles. The molecule has 0 atom stereocenters. The van der Waals surface area contributed by atoms with Crippen LogP contribution in [-0.4, -0.2) is 5.91 Å². The van der Waals surface area contributed by atoms with Crippen LogP contribution in [0, 0.1) is 0 Å². The molecular formula is C16H19ClN2O. The molecule has 0 bridgehead atoms. The van der Waals surface area contributed by atoms with Crippen LogP contribution in [-0.2, 0) is 5.41 Å². The van der Waals surface area contributed by atoms with Crippen molar-refractivity contribution < 1.29 is 21.9 Å². The summed E-state index contributed by atoms with van der Waals surface area (Å²) in [6.07, 6.45) is 3.59. The lowest BCUT2D eigenvalue weighted by Gasteiger charge is -2.18. The first-order valence-corrected chi connectivity index (χ1v) is 6.35. The predicted molar refractivity (Wildman–Crippen MR) is 75.5 cm³/mol. The Kier molecular flexibility index (Phi) is 5.28. The van der Waals surface area contributed by atoms with Crippen molar-refractivity contribution in [2.45, 2.75) is 26.2 Å². The summed E-state index contributed by atoms with van der Waals surface area (Å²) in [5, 5.41) is 0. The summed E-state index contributed by atoms with van der Waals surface area (Å²) >= 11 is 0. The van der Waals surface area contributed by atoms with E-state index in [0.29, 0.717) is 5.56 Å². The van der Waals surface area contributed by atoms with Crippen molar-refractivity contribution in [3.63, 3.8) is 0 Å². The van der Waals surface area contributed by atoms with Crippen LogP contribution in [0.1, 0.15) is 36.7 Å². The molecule has 2 rings (SSSR count). The minimum Gasteiger partial charge on any atom is -1.00 e. The molecule has 0 aliphatic rings. The Hall–Kier alpha value is -1.87. The average Bonchev–Trinajstić information content (AvgIpc) is 2.39. The number of aromatic nitrogens is 1. The van der Waals surface area contributed by atoms with E-state index in [0.717, 1.165) is 0 Å². The van der Waals surface area contributed by atoms with Crippen LogP contribution < -0.4 is 22.5 Å². The van der Waals surface area contributed by atoms with E-state index in [1.165, 1.54) is 5.56 Å². The van der Waals surface area contributed by atoms with Crippen LogP contribution in [0.25, 0.3) is 0 Å². The number of nitrogens with zero attached hydrogens (tertiary/aromatic N) is 1. The molecule has 20 heavy (non-hydrogen) atoms. The number of carbonyl (C=O) groups is 1. The smallest absolute Gasteiger partial charge is 0.305 e. The number of halogens is 1. The molecule has 0 aliphatic heterocycles. The Labute approximate surface area is 126 Å². The highest BCUT2D eigenvalue weighted by molar-refractivity contribution is 5.98. The van der Waals surface area contributed by atoms with Crippen molar-refractivity contribution >= 4 is 5.91 Å². The van der Waals surface area contributed by atoms with Gasteiger partial charge in [0.1, 0.15) is 0 Å².